The molecule has 0 aliphatic carbocycles. The molecule has 0 fully saturated rings. The Labute approximate surface area is 100 Å². The lowest BCUT2D eigenvalue weighted by atomic mass is 10.2. The number of nitrogens with one attached hydrogen (secondary N) is 1. The Bertz CT molecular complexity index is 312. The highest BCUT2D eigenvalue weighted by atomic mass is 79.9. The molecule has 0 spiro atoms. The number of rotatable bonds is 5. The molecule has 0 radical (unpaired) electrons. The van der Waals surface area contributed by atoms with E-state index >= 15 is 0 Å². The first-order chi connectivity index (χ1) is 7.09. The topological polar surface area (TPSA) is 21.3 Å². The van der Waals surface area contributed by atoms with Crippen molar-refractivity contribution in [1.29, 1.82) is 0 Å². The Balaban J connectivity index is 2.37. The van der Waals surface area contributed by atoms with Crippen molar-refractivity contribution in [3.05, 3.63) is 28.2 Å². The molecule has 1 N–H and O–H groups in total. The second-order valence-corrected chi connectivity index (χ2v) is 4.78. The van der Waals surface area contributed by atoms with Gasteiger partial charge >= 0.3 is 0 Å². The van der Waals surface area contributed by atoms with Crippen LogP contribution < -0.4 is 10.1 Å². The van der Waals surface area contributed by atoms with Gasteiger partial charge in [0.25, 0.3) is 0 Å². The van der Waals surface area contributed by atoms with E-state index in [-0.39, 0.29) is 0 Å². The van der Waals surface area contributed by atoms with Crippen molar-refractivity contribution >= 4 is 15.9 Å². The largest absolute Gasteiger partial charge is 0.492 e. The maximum absolute atomic E-state index is 5.66. The van der Waals surface area contributed by atoms with Crippen LogP contribution in [0.15, 0.2) is 22.7 Å². The predicted molar refractivity (Wildman–Crippen MR) is 67.5 cm³/mol. The second-order valence-electron chi connectivity index (χ2n) is 3.87. The van der Waals surface area contributed by atoms with Gasteiger partial charge in [-0.2, -0.15) is 0 Å². The van der Waals surface area contributed by atoms with Crippen LogP contribution in [-0.4, -0.2) is 19.2 Å². The van der Waals surface area contributed by atoms with Crippen molar-refractivity contribution in [2.45, 2.75) is 26.8 Å². The summed E-state index contributed by atoms with van der Waals surface area (Å²) in [6.07, 6.45) is 0. The summed E-state index contributed by atoms with van der Waals surface area (Å²) in [6, 6.07) is 6.57. The van der Waals surface area contributed by atoms with Crippen LogP contribution in [0.5, 0.6) is 5.75 Å². The van der Waals surface area contributed by atoms with Gasteiger partial charge in [0.05, 0.1) is 0 Å². The Morgan fingerprint density at radius 3 is 2.73 bits per heavy atom. The first-order valence-electron chi connectivity index (χ1n) is 5.22. The summed E-state index contributed by atoms with van der Waals surface area (Å²) in [6.45, 7) is 7.90. The van der Waals surface area contributed by atoms with Crippen LogP contribution in [0, 0.1) is 6.92 Å². The van der Waals surface area contributed by atoms with Crippen LogP contribution in [0.4, 0.5) is 0 Å². The van der Waals surface area contributed by atoms with Gasteiger partial charge in [0, 0.05) is 17.1 Å². The van der Waals surface area contributed by atoms with Crippen LogP contribution in [-0.2, 0) is 0 Å². The quantitative estimate of drug-likeness (QED) is 0.831. The van der Waals surface area contributed by atoms with Gasteiger partial charge in [-0.1, -0.05) is 29.8 Å². The maximum atomic E-state index is 5.66. The second kappa shape index (κ2) is 6.13. The summed E-state index contributed by atoms with van der Waals surface area (Å²) >= 11 is 3.43. The molecule has 1 aromatic rings. The summed E-state index contributed by atoms with van der Waals surface area (Å²) in [4.78, 5) is 0. The fourth-order valence-electron chi connectivity index (χ4n) is 1.28. The van der Waals surface area contributed by atoms with Crippen LogP contribution in [0.3, 0.4) is 0 Å². The first-order valence-corrected chi connectivity index (χ1v) is 6.01. The molecule has 1 aromatic carbocycles. The minimum absolute atomic E-state index is 0.514. The minimum Gasteiger partial charge on any atom is -0.492 e. The van der Waals surface area contributed by atoms with E-state index in [9.17, 15) is 0 Å². The third-order valence-electron chi connectivity index (χ3n) is 2.05. The lowest BCUT2D eigenvalue weighted by Crippen LogP contribution is -2.27. The van der Waals surface area contributed by atoms with Gasteiger partial charge < -0.3 is 10.1 Å². The molecule has 0 saturated heterocycles. The lowest BCUT2D eigenvalue weighted by molar-refractivity contribution is 0.307. The number of hydrogen-bond donors (Lipinski definition) is 1. The van der Waals surface area contributed by atoms with Crippen molar-refractivity contribution in [2.75, 3.05) is 13.2 Å². The van der Waals surface area contributed by atoms with Gasteiger partial charge in [-0.25, -0.2) is 0 Å². The molecule has 0 amide bonds. The summed E-state index contributed by atoms with van der Waals surface area (Å²) in [5.74, 6) is 0.962. The van der Waals surface area contributed by atoms with Crippen LogP contribution in [0.25, 0.3) is 0 Å². The summed E-state index contributed by atoms with van der Waals surface area (Å²) in [5.41, 5.74) is 1.16. The summed E-state index contributed by atoms with van der Waals surface area (Å²) < 4.78 is 6.75. The number of benzene rings is 1. The van der Waals surface area contributed by atoms with Gasteiger partial charge in [0.15, 0.2) is 0 Å². The van der Waals surface area contributed by atoms with Crippen molar-refractivity contribution in [3.8, 4) is 5.75 Å². The van der Waals surface area contributed by atoms with Gasteiger partial charge in [0.2, 0.25) is 0 Å². The number of halogens is 1. The van der Waals surface area contributed by atoms with Crippen LogP contribution in [0.2, 0.25) is 0 Å². The highest BCUT2D eigenvalue weighted by molar-refractivity contribution is 9.10. The Morgan fingerprint density at radius 1 is 1.40 bits per heavy atom. The molecule has 1 rings (SSSR count). The average Bonchev–Trinajstić information content (AvgIpc) is 2.14. The molecule has 3 heteroatoms. The van der Waals surface area contributed by atoms with E-state index in [0.717, 1.165) is 22.3 Å². The van der Waals surface area contributed by atoms with Crippen LogP contribution >= 0.6 is 15.9 Å². The molecule has 0 aromatic heterocycles. The van der Waals surface area contributed by atoms with E-state index in [1.165, 1.54) is 0 Å². The highest BCUT2D eigenvalue weighted by Crippen LogP contribution is 2.21. The molecule has 0 saturated carbocycles. The van der Waals surface area contributed by atoms with E-state index in [0.29, 0.717) is 12.6 Å². The molecule has 2 nitrogen and oxygen atoms in total. The zero-order valence-electron chi connectivity index (χ0n) is 9.51. The van der Waals surface area contributed by atoms with Gasteiger partial charge in [-0.3, -0.25) is 0 Å². The first kappa shape index (κ1) is 12.5. The average molecular weight is 272 g/mol. The monoisotopic (exact) mass is 271 g/mol. The third-order valence-corrected chi connectivity index (χ3v) is 2.54. The molecule has 0 heterocycles. The Kier molecular flexibility index (Phi) is 5.12. The predicted octanol–water partition coefficient (Wildman–Crippen LogP) is 3.13. The minimum atomic E-state index is 0.514. The van der Waals surface area contributed by atoms with Gasteiger partial charge in [-0.05, 0) is 30.7 Å². The number of hydrogen-bond acceptors (Lipinski definition) is 2. The summed E-state index contributed by atoms with van der Waals surface area (Å²) in [7, 11) is 0. The van der Waals surface area contributed by atoms with E-state index in [4.69, 9.17) is 4.74 Å². The molecular weight excluding hydrogens is 254 g/mol. The molecule has 0 aliphatic rings. The Morgan fingerprint density at radius 2 is 2.13 bits per heavy atom. The van der Waals surface area contributed by atoms with E-state index in [1.807, 2.05) is 12.1 Å². The van der Waals surface area contributed by atoms with Crippen molar-refractivity contribution in [3.63, 3.8) is 0 Å². The van der Waals surface area contributed by atoms with Crippen molar-refractivity contribution in [2.24, 2.45) is 0 Å². The normalized spacial score (nSPS) is 10.7. The molecular formula is C12H18BrNO. The van der Waals surface area contributed by atoms with E-state index < -0.39 is 0 Å². The molecule has 0 atom stereocenters. The van der Waals surface area contributed by atoms with E-state index in [1.54, 1.807) is 0 Å². The smallest absolute Gasteiger partial charge is 0.122 e. The molecule has 0 bridgehead atoms. The van der Waals surface area contributed by atoms with Crippen molar-refractivity contribution < 1.29 is 4.74 Å². The molecule has 15 heavy (non-hydrogen) atoms. The lowest BCUT2D eigenvalue weighted by Gasteiger charge is -2.11. The van der Waals surface area contributed by atoms with Crippen LogP contribution in [0.1, 0.15) is 19.4 Å². The number of ether oxygens (including phenoxy) is 1. The summed E-state index contributed by atoms with van der Waals surface area (Å²) in [5, 5.41) is 3.31. The van der Waals surface area contributed by atoms with Gasteiger partial charge in [-0.15, -0.1) is 0 Å². The molecule has 0 unspecified atom stereocenters. The van der Waals surface area contributed by atoms with Crippen molar-refractivity contribution in [1.82, 2.24) is 5.32 Å². The fraction of sp³-hybridized carbons (Fsp3) is 0.500. The SMILES string of the molecule is Cc1cc(Br)ccc1OCCNC(C)C. The zero-order chi connectivity index (χ0) is 11.3. The zero-order valence-corrected chi connectivity index (χ0v) is 11.1. The molecule has 84 valence electrons. The highest BCUT2D eigenvalue weighted by Gasteiger charge is 1.99. The maximum Gasteiger partial charge on any atom is 0.122 e. The van der Waals surface area contributed by atoms with E-state index in [2.05, 4.69) is 48.1 Å². The van der Waals surface area contributed by atoms with Gasteiger partial charge in [0.1, 0.15) is 12.4 Å². The standard InChI is InChI=1S/C12H18BrNO/c1-9(2)14-6-7-15-12-5-4-11(13)8-10(12)3/h4-5,8-9,14H,6-7H2,1-3H3. The molecule has 0 aliphatic heterocycles. The third kappa shape index (κ3) is 4.67. The Hall–Kier alpha value is -0.540. The fourth-order valence-corrected chi connectivity index (χ4v) is 1.76. The number of aryl methyl sites for hydroxylation is 1.